The molecule has 0 bridgehead atoms. The van der Waals surface area contributed by atoms with Gasteiger partial charge in [0.25, 0.3) is 5.56 Å². The number of halogens is 2. The molecule has 0 amide bonds. The van der Waals surface area contributed by atoms with Crippen molar-refractivity contribution in [3.63, 3.8) is 0 Å². The monoisotopic (exact) mass is 447 g/mol. The molecule has 0 saturated heterocycles. The Morgan fingerprint density at radius 2 is 2.11 bits per heavy atom. The lowest BCUT2D eigenvalue weighted by Gasteiger charge is -2.14. The third-order valence-corrected chi connectivity index (χ3v) is 4.89. The lowest BCUT2D eigenvalue weighted by Crippen LogP contribution is -2.20. The highest BCUT2D eigenvalue weighted by atomic mass is 79.9. The van der Waals surface area contributed by atoms with Gasteiger partial charge < -0.3 is 4.74 Å². The third kappa shape index (κ3) is 4.39. The zero-order valence-corrected chi connectivity index (χ0v) is 17.6. The highest BCUT2D eigenvalue weighted by Crippen LogP contribution is 2.23. The second-order valence-electron chi connectivity index (χ2n) is 6.20. The van der Waals surface area contributed by atoms with Gasteiger partial charge in [0.1, 0.15) is 11.6 Å². The molecule has 0 aliphatic carbocycles. The van der Waals surface area contributed by atoms with Crippen LogP contribution >= 0.6 is 27.5 Å². The van der Waals surface area contributed by atoms with Crippen LogP contribution in [0.15, 0.2) is 50.8 Å². The highest BCUT2D eigenvalue weighted by molar-refractivity contribution is 9.10. The predicted octanol–water partition coefficient (Wildman–Crippen LogP) is 5.18. The number of aromatic nitrogens is 2. The Morgan fingerprint density at radius 3 is 2.85 bits per heavy atom. The van der Waals surface area contributed by atoms with E-state index in [2.05, 4.69) is 32.9 Å². The van der Waals surface area contributed by atoms with Gasteiger partial charge in [-0.15, -0.1) is 0 Å². The lowest BCUT2D eigenvalue weighted by atomic mass is 10.2. The summed E-state index contributed by atoms with van der Waals surface area (Å²) in [5.41, 5.74) is 1.10. The maximum Gasteiger partial charge on any atom is 0.282 e. The van der Waals surface area contributed by atoms with E-state index in [0.29, 0.717) is 33.1 Å². The van der Waals surface area contributed by atoms with Crippen LogP contribution in [0.1, 0.15) is 31.7 Å². The molecule has 0 aliphatic rings. The molecule has 1 aromatic heterocycles. The van der Waals surface area contributed by atoms with Crippen molar-refractivity contribution in [3.05, 3.63) is 67.6 Å². The zero-order valence-electron chi connectivity index (χ0n) is 15.2. The Bertz CT molecular complexity index is 1080. The maximum absolute atomic E-state index is 12.8. The average molecular weight is 449 g/mol. The molecule has 0 N–H and O–H groups in total. The fraction of sp³-hybridized carbons (Fsp3) is 0.250. The van der Waals surface area contributed by atoms with Crippen molar-refractivity contribution in [3.8, 4) is 5.75 Å². The van der Waals surface area contributed by atoms with Crippen molar-refractivity contribution >= 4 is 44.6 Å². The Morgan fingerprint density at radius 1 is 1.33 bits per heavy atom. The van der Waals surface area contributed by atoms with E-state index in [0.717, 1.165) is 10.9 Å². The number of benzene rings is 2. The van der Waals surface area contributed by atoms with Crippen molar-refractivity contribution in [1.29, 1.82) is 0 Å². The molecule has 1 atom stereocenters. The first-order valence-corrected chi connectivity index (χ1v) is 9.75. The van der Waals surface area contributed by atoms with Gasteiger partial charge in [-0.3, -0.25) is 4.79 Å². The normalized spacial score (nSPS) is 12.6. The molecular weight excluding hydrogens is 430 g/mol. The Kier molecular flexibility index (Phi) is 5.97. The molecule has 0 aliphatic heterocycles. The molecule has 0 radical (unpaired) electrons. The Labute approximate surface area is 170 Å². The van der Waals surface area contributed by atoms with Gasteiger partial charge in [-0.1, -0.05) is 34.5 Å². The van der Waals surface area contributed by atoms with Crippen LogP contribution < -0.4 is 10.3 Å². The van der Waals surface area contributed by atoms with Gasteiger partial charge in [0, 0.05) is 15.1 Å². The van der Waals surface area contributed by atoms with Gasteiger partial charge in [-0.2, -0.15) is 9.78 Å². The molecule has 0 fully saturated rings. The molecule has 1 heterocycles. The van der Waals surface area contributed by atoms with E-state index in [1.165, 1.54) is 4.68 Å². The average Bonchev–Trinajstić information content (AvgIpc) is 2.64. The van der Waals surface area contributed by atoms with E-state index < -0.39 is 0 Å². The van der Waals surface area contributed by atoms with Crippen LogP contribution in [-0.2, 0) is 0 Å². The molecule has 3 aromatic rings. The number of ether oxygens (including phenoxy) is 1. The van der Waals surface area contributed by atoms with Crippen LogP contribution in [-0.4, -0.2) is 22.0 Å². The lowest BCUT2D eigenvalue weighted by molar-refractivity contribution is 0.217. The predicted molar refractivity (Wildman–Crippen MR) is 113 cm³/mol. The first kappa shape index (κ1) is 19.6. The van der Waals surface area contributed by atoms with Gasteiger partial charge in [0.05, 0.1) is 23.2 Å². The number of hydrogen-bond donors (Lipinski definition) is 0. The fourth-order valence-electron chi connectivity index (χ4n) is 2.54. The third-order valence-electron chi connectivity index (χ3n) is 4.16. The summed E-state index contributed by atoms with van der Waals surface area (Å²) in [6.07, 6.45) is 2.51. The van der Waals surface area contributed by atoms with Gasteiger partial charge in [-0.25, -0.2) is 4.98 Å². The second kappa shape index (κ2) is 8.23. The summed E-state index contributed by atoms with van der Waals surface area (Å²) in [6.45, 7) is 5.79. The number of rotatable bonds is 5. The number of aryl methyl sites for hydroxylation is 1. The molecule has 0 spiro atoms. The molecule has 140 valence electrons. The minimum Gasteiger partial charge on any atom is -0.490 e. The number of fused-ring (bicyclic) bond motifs is 1. The van der Waals surface area contributed by atoms with E-state index in [1.54, 1.807) is 43.5 Å². The van der Waals surface area contributed by atoms with E-state index in [-0.39, 0.29) is 11.7 Å². The second-order valence-corrected chi connectivity index (χ2v) is 7.55. The first-order chi connectivity index (χ1) is 12.9. The molecule has 3 rings (SSSR count). The highest BCUT2D eigenvalue weighted by Gasteiger charge is 2.10. The van der Waals surface area contributed by atoms with Gasteiger partial charge in [0.2, 0.25) is 0 Å². The smallest absolute Gasteiger partial charge is 0.282 e. The molecule has 0 unspecified atom stereocenters. The van der Waals surface area contributed by atoms with E-state index >= 15 is 0 Å². The summed E-state index contributed by atoms with van der Waals surface area (Å²) in [5.74, 6) is 1.16. The Hall–Kier alpha value is -2.18. The van der Waals surface area contributed by atoms with Crippen LogP contribution in [0.5, 0.6) is 5.75 Å². The van der Waals surface area contributed by atoms with Crippen LogP contribution in [0.25, 0.3) is 10.9 Å². The van der Waals surface area contributed by atoms with Gasteiger partial charge in [-0.05, 0) is 56.7 Å². The van der Waals surface area contributed by atoms with Crippen molar-refractivity contribution in [2.24, 2.45) is 5.10 Å². The van der Waals surface area contributed by atoms with Crippen molar-refractivity contribution < 1.29 is 4.74 Å². The van der Waals surface area contributed by atoms with Crippen molar-refractivity contribution in [2.45, 2.75) is 33.3 Å². The Balaban J connectivity index is 2.06. The van der Waals surface area contributed by atoms with Gasteiger partial charge >= 0.3 is 0 Å². The summed E-state index contributed by atoms with van der Waals surface area (Å²) in [5, 5.41) is 5.41. The molecule has 7 heteroatoms. The van der Waals surface area contributed by atoms with Crippen LogP contribution in [0.3, 0.4) is 0 Å². The quantitative estimate of drug-likeness (QED) is 0.505. The zero-order chi connectivity index (χ0) is 19.6. The minimum atomic E-state index is -0.235. The van der Waals surface area contributed by atoms with Crippen molar-refractivity contribution in [2.75, 3.05) is 0 Å². The van der Waals surface area contributed by atoms with E-state index in [9.17, 15) is 4.79 Å². The van der Waals surface area contributed by atoms with E-state index in [4.69, 9.17) is 16.3 Å². The summed E-state index contributed by atoms with van der Waals surface area (Å²) >= 11 is 9.51. The molecule has 2 aromatic carbocycles. The van der Waals surface area contributed by atoms with Crippen molar-refractivity contribution in [1.82, 2.24) is 9.66 Å². The minimum absolute atomic E-state index is 0.0578. The molecule has 0 saturated carbocycles. The summed E-state index contributed by atoms with van der Waals surface area (Å²) in [4.78, 5) is 17.3. The topological polar surface area (TPSA) is 56.5 Å². The SMILES string of the molecule is CC[C@H](C)Oc1ccc(Cl)cc1C=Nn1c(C)nc2ccc(Br)cc2c1=O. The fourth-order valence-corrected chi connectivity index (χ4v) is 3.08. The molecule has 5 nitrogen and oxygen atoms in total. The number of nitrogens with zero attached hydrogens (tertiary/aromatic N) is 3. The maximum atomic E-state index is 12.8. The summed E-state index contributed by atoms with van der Waals surface area (Å²) in [7, 11) is 0. The standard InChI is InChI=1S/C20H19BrClN3O2/c1-4-12(2)27-19-8-6-16(22)9-14(19)11-23-25-13(3)24-18-7-5-15(21)10-17(18)20(25)26/h5-12H,4H2,1-3H3/t12-/m0/s1. The number of hydrogen-bond acceptors (Lipinski definition) is 4. The summed E-state index contributed by atoms with van der Waals surface area (Å²) < 4.78 is 8.02. The van der Waals surface area contributed by atoms with Gasteiger partial charge in [0.15, 0.2) is 0 Å². The van der Waals surface area contributed by atoms with Crippen LogP contribution in [0.4, 0.5) is 0 Å². The first-order valence-electron chi connectivity index (χ1n) is 8.58. The van der Waals surface area contributed by atoms with Crippen LogP contribution in [0.2, 0.25) is 5.02 Å². The molecular formula is C20H19BrClN3O2. The van der Waals surface area contributed by atoms with Crippen LogP contribution in [0, 0.1) is 6.92 Å². The summed E-state index contributed by atoms with van der Waals surface area (Å²) in [6, 6.07) is 10.7. The molecule has 27 heavy (non-hydrogen) atoms. The van der Waals surface area contributed by atoms with E-state index in [1.807, 2.05) is 13.0 Å². The largest absolute Gasteiger partial charge is 0.490 e.